The Bertz CT molecular complexity index is 171. The lowest BCUT2D eigenvalue weighted by Crippen LogP contribution is -1.94. The van der Waals surface area contributed by atoms with Gasteiger partial charge in [0, 0.05) is 12.2 Å². The first-order valence-electron chi connectivity index (χ1n) is 3.22. The molecule has 0 fully saturated rings. The molecule has 0 amide bonds. The van der Waals surface area contributed by atoms with Crippen molar-refractivity contribution in [2.24, 2.45) is 0 Å². The summed E-state index contributed by atoms with van der Waals surface area (Å²) in [7, 11) is 0. The van der Waals surface area contributed by atoms with Gasteiger partial charge in [-0.25, -0.2) is 0 Å². The van der Waals surface area contributed by atoms with Crippen molar-refractivity contribution in [2.75, 3.05) is 11.9 Å². The quantitative estimate of drug-likeness (QED) is 0.586. The van der Waals surface area contributed by atoms with Gasteiger partial charge in [0.1, 0.15) is 0 Å². The van der Waals surface area contributed by atoms with Gasteiger partial charge in [-0.05, 0) is 19.1 Å². The minimum Gasteiger partial charge on any atom is -0.412 e. The van der Waals surface area contributed by atoms with Crippen molar-refractivity contribution in [2.45, 2.75) is 6.92 Å². The second kappa shape index (κ2) is 17.8. The van der Waals surface area contributed by atoms with Crippen molar-refractivity contribution in [1.29, 1.82) is 0 Å². The molecule has 0 radical (unpaired) electrons. The monoisotopic (exact) mass is 211 g/mol. The smallest absolute Gasteiger partial charge is 0.0340 e. The first-order valence-corrected chi connectivity index (χ1v) is 3.22. The van der Waals surface area contributed by atoms with Crippen LogP contribution in [-0.4, -0.2) is 33.9 Å². The Morgan fingerprint density at radius 3 is 1.64 bits per heavy atom. The standard InChI is InChI=1S/C8H11N.5H2O/c1-2-9-8-6-4-3-5-7-8;;;;;/h3-7,9H,2H2,1H3;5*1H2. The van der Waals surface area contributed by atoms with E-state index in [-0.39, 0.29) is 27.4 Å². The van der Waals surface area contributed by atoms with Crippen LogP contribution < -0.4 is 5.32 Å². The number of hydrogen-bond donors (Lipinski definition) is 1. The van der Waals surface area contributed by atoms with Gasteiger partial charge in [0.25, 0.3) is 0 Å². The van der Waals surface area contributed by atoms with Crippen molar-refractivity contribution in [3.63, 3.8) is 0 Å². The van der Waals surface area contributed by atoms with E-state index in [1.165, 1.54) is 5.69 Å². The van der Waals surface area contributed by atoms with E-state index >= 15 is 0 Å². The molecule has 0 aliphatic heterocycles. The summed E-state index contributed by atoms with van der Waals surface area (Å²) in [4.78, 5) is 0. The molecule has 0 saturated carbocycles. The van der Waals surface area contributed by atoms with Crippen molar-refractivity contribution >= 4 is 5.69 Å². The lowest BCUT2D eigenvalue weighted by atomic mass is 10.3. The summed E-state index contributed by atoms with van der Waals surface area (Å²) < 4.78 is 0. The van der Waals surface area contributed by atoms with Crippen LogP contribution in [0.2, 0.25) is 0 Å². The summed E-state index contributed by atoms with van der Waals surface area (Å²) in [5.41, 5.74) is 1.19. The molecule has 6 heteroatoms. The Balaban J connectivity index is -0.0000000540. The van der Waals surface area contributed by atoms with E-state index in [2.05, 4.69) is 24.4 Å². The highest BCUT2D eigenvalue weighted by molar-refractivity contribution is 5.41. The van der Waals surface area contributed by atoms with E-state index in [1.807, 2.05) is 18.2 Å². The van der Waals surface area contributed by atoms with Crippen LogP contribution in [0, 0.1) is 0 Å². The predicted molar refractivity (Wildman–Crippen MR) is 58.7 cm³/mol. The minimum atomic E-state index is 0. The minimum absolute atomic E-state index is 0. The Morgan fingerprint density at radius 1 is 0.857 bits per heavy atom. The van der Waals surface area contributed by atoms with Crippen molar-refractivity contribution in [1.82, 2.24) is 0 Å². The lowest BCUT2D eigenvalue weighted by molar-refractivity contribution is 0.823. The summed E-state index contributed by atoms with van der Waals surface area (Å²) in [6.45, 7) is 3.08. The van der Waals surface area contributed by atoms with Crippen molar-refractivity contribution in [3.8, 4) is 0 Å². The van der Waals surface area contributed by atoms with Crippen LogP contribution in [0.3, 0.4) is 0 Å². The molecule has 0 aliphatic rings. The molecule has 0 aliphatic carbocycles. The molecule has 0 spiro atoms. The number of para-hydroxylation sites is 1. The molecular weight excluding hydrogens is 190 g/mol. The molecule has 88 valence electrons. The number of hydrogen-bond acceptors (Lipinski definition) is 1. The normalized spacial score (nSPS) is 5.79. The van der Waals surface area contributed by atoms with E-state index < -0.39 is 0 Å². The first kappa shape index (κ1) is 29.3. The van der Waals surface area contributed by atoms with Gasteiger partial charge in [0.05, 0.1) is 0 Å². The predicted octanol–water partition coefficient (Wildman–Crippen LogP) is -2.01. The number of rotatable bonds is 2. The third kappa shape index (κ3) is 10.8. The third-order valence-electron chi connectivity index (χ3n) is 1.15. The van der Waals surface area contributed by atoms with E-state index in [4.69, 9.17) is 0 Å². The van der Waals surface area contributed by atoms with Crippen LogP contribution >= 0.6 is 0 Å². The molecule has 0 atom stereocenters. The molecule has 1 rings (SSSR count). The molecule has 0 heterocycles. The maximum absolute atomic E-state index is 3.21. The molecule has 1 aromatic rings. The molecule has 0 unspecified atom stereocenters. The van der Waals surface area contributed by atoms with Crippen molar-refractivity contribution in [3.05, 3.63) is 30.3 Å². The summed E-state index contributed by atoms with van der Waals surface area (Å²) in [6, 6.07) is 10.2. The molecule has 0 saturated heterocycles. The van der Waals surface area contributed by atoms with E-state index in [0.29, 0.717) is 0 Å². The zero-order valence-corrected chi connectivity index (χ0v) is 8.09. The second-order valence-electron chi connectivity index (χ2n) is 1.90. The first-order chi connectivity index (χ1) is 4.43. The summed E-state index contributed by atoms with van der Waals surface area (Å²) in [5, 5.41) is 3.21. The van der Waals surface area contributed by atoms with Gasteiger partial charge in [-0.15, -0.1) is 0 Å². The van der Waals surface area contributed by atoms with Gasteiger partial charge >= 0.3 is 0 Å². The van der Waals surface area contributed by atoms with Crippen LogP contribution in [0.1, 0.15) is 6.92 Å². The lowest BCUT2D eigenvalue weighted by Gasteiger charge is -1.99. The fourth-order valence-corrected chi connectivity index (χ4v) is 0.760. The number of anilines is 1. The van der Waals surface area contributed by atoms with Gasteiger partial charge in [-0.2, -0.15) is 0 Å². The number of benzene rings is 1. The fraction of sp³-hybridized carbons (Fsp3) is 0.250. The molecule has 6 nitrogen and oxygen atoms in total. The summed E-state index contributed by atoms with van der Waals surface area (Å²) >= 11 is 0. The average molecular weight is 211 g/mol. The van der Waals surface area contributed by atoms with Crippen LogP contribution in [-0.2, 0) is 0 Å². The average Bonchev–Trinajstić information content (AvgIpc) is 1.91. The molecule has 1 aromatic carbocycles. The Kier molecular flexibility index (Phi) is 37.2. The highest BCUT2D eigenvalue weighted by Crippen LogP contribution is 2.02. The van der Waals surface area contributed by atoms with Crippen LogP contribution in [0.5, 0.6) is 0 Å². The van der Waals surface area contributed by atoms with E-state index in [0.717, 1.165) is 6.54 Å². The maximum Gasteiger partial charge on any atom is 0.0340 e. The molecule has 0 bridgehead atoms. The van der Waals surface area contributed by atoms with Gasteiger partial charge in [-0.3, -0.25) is 0 Å². The molecule has 11 N–H and O–H groups in total. The third-order valence-corrected chi connectivity index (χ3v) is 1.15. The summed E-state index contributed by atoms with van der Waals surface area (Å²) in [5.74, 6) is 0. The van der Waals surface area contributed by atoms with Gasteiger partial charge < -0.3 is 32.7 Å². The summed E-state index contributed by atoms with van der Waals surface area (Å²) in [6.07, 6.45) is 0. The van der Waals surface area contributed by atoms with Gasteiger partial charge in [-0.1, -0.05) is 18.2 Å². The highest BCUT2D eigenvalue weighted by Gasteiger charge is 1.81. The Hall–Kier alpha value is -1.18. The number of nitrogens with one attached hydrogen (secondary N) is 1. The van der Waals surface area contributed by atoms with E-state index in [1.54, 1.807) is 0 Å². The Labute approximate surface area is 83.1 Å². The highest BCUT2D eigenvalue weighted by atomic mass is 16.0. The molecular formula is C8H21NO5. The molecule has 14 heavy (non-hydrogen) atoms. The molecule has 0 aromatic heterocycles. The van der Waals surface area contributed by atoms with Crippen molar-refractivity contribution < 1.29 is 27.4 Å². The van der Waals surface area contributed by atoms with Crippen LogP contribution in [0.25, 0.3) is 0 Å². The van der Waals surface area contributed by atoms with Crippen LogP contribution in [0.15, 0.2) is 30.3 Å². The Morgan fingerprint density at radius 2 is 1.29 bits per heavy atom. The van der Waals surface area contributed by atoms with Gasteiger partial charge in [0.2, 0.25) is 0 Å². The zero-order chi connectivity index (χ0) is 6.53. The largest absolute Gasteiger partial charge is 0.412 e. The van der Waals surface area contributed by atoms with E-state index in [9.17, 15) is 0 Å². The zero-order valence-electron chi connectivity index (χ0n) is 8.09. The fourth-order valence-electron chi connectivity index (χ4n) is 0.760. The van der Waals surface area contributed by atoms with Gasteiger partial charge in [0.15, 0.2) is 0 Å². The van der Waals surface area contributed by atoms with Crippen LogP contribution in [0.4, 0.5) is 5.69 Å². The second-order valence-corrected chi connectivity index (χ2v) is 1.90. The topological polar surface area (TPSA) is 170 Å². The maximum atomic E-state index is 3.21. The SMILES string of the molecule is CCNc1ccccc1.O.O.O.O.O.